The maximum Gasteiger partial charge on any atom is 0.107 e. The Balaban J connectivity index is 2.35. The van der Waals surface area contributed by atoms with Crippen LogP contribution in [0.25, 0.3) is 0 Å². The molecule has 0 aromatic carbocycles. The lowest BCUT2D eigenvalue weighted by Gasteiger charge is -2.16. The van der Waals surface area contributed by atoms with Crippen LogP contribution >= 0.6 is 11.3 Å². The zero-order valence-corrected chi connectivity index (χ0v) is 12.6. The Kier molecular flexibility index (Phi) is 6.21. The number of aliphatic hydroxyl groups excluding tert-OH is 1. The first-order valence-electron chi connectivity index (χ1n) is 6.25. The van der Waals surface area contributed by atoms with E-state index in [2.05, 4.69) is 43.1 Å². The zero-order valence-electron chi connectivity index (χ0n) is 11.8. The summed E-state index contributed by atoms with van der Waals surface area (Å²) in [5.74, 6) is 0. The van der Waals surface area contributed by atoms with E-state index < -0.39 is 0 Å². The highest BCUT2D eigenvalue weighted by molar-refractivity contribution is 7.09. The quantitative estimate of drug-likeness (QED) is 0.770. The van der Waals surface area contributed by atoms with Crippen molar-refractivity contribution in [2.75, 3.05) is 33.4 Å². The number of hydrogen-bond acceptors (Lipinski definition) is 5. The Labute approximate surface area is 114 Å². The predicted octanol–water partition coefficient (Wildman–Crippen LogP) is 1.88. The van der Waals surface area contributed by atoms with Gasteiger partial charge >= 0.3 is 0 Å². The lowest BCUT2D eigenvalue weighted by molar-refractivity contribution is 0.0773. The number of nitrogens with zero attached hydrogens (tertiary/aromatic N) is 2. The van der Waals surface area contributed by atoms with Crippen molar-refractivity contribution in [3.05, 3.63) is 16.1 Å². The largest absolute Gasteiger partial charge is 0.394 e. The third kappa shape index (κ3) is 5.44. The first-order valence-corrected chi connectivity index (χ1v) is 7.13. The van der Waals surface area contributed by atoms with Gasteiger partial charge in [-0.15, -0.1) is 11.3 Å². The van der Waals surface area contributed by atoms with E-state index in [-0.39, 0.29) is 12.0 Å². The van der Waals surface area contributed by atoms with Crippen molar-refractivity contribution in [1.82, 2.24) is 9.88 Å². The maximum atomic E-state index is 8.60. The molecule has 0 bridgehead atoms. The van der Waals surface area contributed by atoms with Gasteiger partial charge in [0.1, 0.15) is 5.01 Å². The van der Waals surface area contributed by atoms with Gasteiger partial charge in [-0.3, -0.25) is 4.90 Å². The molecule has 5 heteroatoms. The minimum atomic E-state index is 0.0884. The van der Waals surface area contributed by atoms with Gasteiger partial charge in [0.15, 0.2) is 0 Å². The van der Waals surface area contributed by atoms with Gasteiger partial charge in [0, 0.05) is 17.3 Å². The molecule has 0 amide bonds. The highest BCUT2D eigenvalue weighted by atomic mass is 32.1. The molecular formula is C13H24N2O2S. The molecule has 4 nitrogen and oxygen atoms in total. The van der Waals surface area contributed by atoms with Gasteiger partial charge in [0.2, 0.25) is 0 Å². The van der Waals surface area contributed by atoms with Gasteiger partial charge in [0.05, 0.1) is 32.1 Å². The van der Waals surface area contributed by atoms with Gasteiger partial charge < -0.3 is 9.84 Å². The summed E-state index contributed by atoms with van der Waals surface area (Å²) in [5, 5.41) is 11.9. The lowest BCUT2D eigenvalue weighted by Crippen LogP contribution is -2.23. The van der Waals surface area contributed by atoms with Crippen molar-refractivity contribution in [3.63, 3.8) is 0 Å². The molecule has 18 heavy (non-hydrogen) atoms. The number of aliphatic hydroxyl groups is 1. The van der Waals surface area contributed by atoms with Crippen molar-refractivity contribution in [2.24, 2.45) is 0 Å². The summed E-state index contributed by atoms with van der Waals surface area (Å²) in [6, 6.07) is 0. The molecule has 0 spiro atoms. The zero-order chi connectivity index (χ0) is 13.6. The SMILES string of the molecule is CN(CCOCCO)Cc1nc(C(C)(C)C)cs1. The minimum Gasteiger partial charge on any atom is -0.394 e. The van der Waals surface area contributed by atoms with E-state index >= 15 is 0 Å². The molecule has 1 rings (SSSR count). The Hall–Kier alpha value is -0.490. The Morgan fingerprint density at radius 1 is 1.39 bits per heavy atom. The molecule has 0 radical (unpaired) electrons. The van der Waals surface area contributed by atoms with E-state index in [0.29, 0.717) is 13.2 Å². The lowest BCUT2D eigenvalue weighted by atomic mass is 9.93. The molecule has 0 aliphatic heterocycles. The van der Waals surface area contributed by atoms with Crippen LogP contribution in [0.3, 0.4) is 0 Å². The summed E-state index contributed by atoms with van der Waals surface area (Å²) in [4.78, 5) is 6.85. The highest BCUT2D eigenvalue weighted by Gasteiger charge is 2.17. The summed E-state index contributed by atoms with van der Waals surface area (Å²) < 4.78 is 5.24. The van der Waals surface area contributed by atoms with Crippen LogP contribution in [0, 0.1) is 0 Å². The van der Waals surface area contributed by atoms with Crippen LogP contribution in [0.5, 0.6) is 0 Å². The molecule has 0 unspecified atom stereocenters. The van der Waals surface area contributed by atoms with Gasteiger partial charge in [-0.1, -0.05) is 20.8 Å². The van der Waals surface area contributed by atoms with E-state index in [1.165, 1.54) is 0 Å². The third-order valence-electron chi connectivity index (χ3n) is 2.58. The van der Waals surface area contributed by atoms with Crippen LogP contribution < -0.4 is 0 Å². The van der Waals surface area contributed by atoms with Crippen molar-refractivity contribution < 1.29 is 9.84 Å². The number of likely N-dealkylation sites (N-methyl/N-ethyl adjacent to an activating group) is 1. The van der Waals surface area contributed by atoms with E-state index in [9.17, 15) is 0 Å². The fraction of sp³-hybridized carbons (Fsp3) is 0.769. The fourth-order valence-corrected chi connectivity index (χ4v) is 2.52. The van der Waals surface area contributed by atoms with Gasteiger partial charge in [-0.05, 0) is 7.05 Å². The number of hydrogen-bond donors (Lipinski definition) is 1. The Morgan fingerprint density at radius 2 is 2.11 bits per heavy atom. The van der Waals surface area contributed by atoms with Gasteiger partial charge in [-0.25, -0.2) is 4.98 Å². The number of ether oxygens (including phenoxy) is 1. The van der Waals surface area contributed by atoms with Crippen LogP contribution in [-0.2, 0) is 16.7 Å². The monoisotopic (exact) mass is 272 g/mol. The van der Waals surface area contributed by atoms with Crippen LogP contribution in [0.15, 0.2) is 5.38 Å². The Bertz CT molecular complexity index is 347. The fourth-order valence-electron chi connectivity index (χ4n) is 1.42. The smallest absolute Gasteiger partial charge is 0.107 e. The molecule has 0 aliphatic carbocycles. The van der Waals surface area contributed by atoms with E-state index in [0.717, 1.165) is 23.8 Å². The van der Waals surface area contributed by atoms with Crippen LogP contribution in [0.1, 0.15) is 31.5 Å². The molecule has 0 saturated carbocycles. The normalized spacial score (nSPS) is 12.3. The number of aromatic nitrogens is 1. The molecule has 1 heterocycles. The second-order valence-corrected chi connectivity index (χ2v) is 6.39. The summed E-state index contributed by atoms with van der Waals surface area (Å²) in [6.07, 6.45) is 0. The summed E-state index contributed by atoms with van der Waals surface area (Å²) in [6.45, 7) is 9.39. The maximum absolute atomic E-state index is 8.60. The first kappa shape index (κ1) is 15.6. The molecule has 0 saturated heterocycles. The molecule has 0 atom stereocenters. The molecular weight excluding hydrogens is 248 g/mol. The van der Waals surface area contributed by atoms with Crippen LogP contribution in [0.4, 0.5) is 0 Å². The molecule has 1 N–H and O–H groups in total. The van der Waals surface area contributed by atoms with Gasteiger partial charge in [0.25, 0.3) is 0 Å². The number of thiazole rings is 1. The van der Waals surface area contributed by atoms with E-state index in [1.54, 1.807) is 11.3 Å². The standard InChI is InChI=1S/C13H24N2O2S/c1-13(2,3)11-10-18-12(14-11)9-15(4)5-7-17-8-6-16/h10,16H,5-9H2,1-4H3. The molecule has 0 aliphatic rings. The van der Waals surface area contributed by atoms with Crippen LogP contribution in [0.2, 0.25) is 0 Å². The minimum absolute atomic E-state index is 0.0884. The topological polar surface area (TPSA) is 45.6 Å². The van der Waals surface area contributed by atoms with E-state index in [4.69, 9.17) is 9.84 Å². The molecule has 0 fully saturated rings. The third-order valence-corrected chi connectivity index (χ3v) is 3.41. The second-order valence-electron chi connectivity index (χ2n) is 5.45. The highest BCUT2D eigenvalue weighted by Crippen LogP contribution is 2.24. The second kappa shape index (κ2) is 7.19. The molecule has 104 valence electrons. The molecule has 1 aromatic rings. The first-order chi connectivity index (χ1) is 8.43. The van der Waals surface area contributed by atoms with Crippen molar-refractivity contribution in [1.29, 1.82) is 0 Å². The van der Waals surface area contributed by atoms with Crippen molar-refractivity contribution >= 4 is 11.3 Å². The predicted molar refractivity (Wildman–Crippen MR) is 75.1 cm³/mol. The van der Waals surface area contributed by atoms with Crippen molar-refractivity contribution in [2.45, 2.75) is 32.7 Å². The number of rotatable bonds is 7. The summed E-state index contributed by atoms with van der Waals surface area (Å²) >= 11 is 1.71. The van der Waals surface area contributed by atoms with Crippen LogP contribution in [-0.4, -0.2) is 48.4 Å². The van der Waals surface area contributed by atoms with Crippen molar-refractivity contribution in [3.8, 4) is 0 Å². The Morgan fingerprint density at radius 3 is 2.67 bits per heavy atom. The summed E-state index contributed by atoms with van der Waals surface area (Å²) in [7, 11) is 2.06. The molecule has 1 aromatic heterocycles. The average Bonchev–Trinajstić information content (AvgIpc) is 2.72. The average molecular weight is 272 g/mol. The van der Waals surface area contributed by atoms with E-state index in [1.807, 2.05) is 0 Å². The van der Waals surface area contributed by atoms with Gasteiger partial charge in [-0.2, -0.15) is 0 Å². The summed E-state index contributed by atoms with van der Waals surface area (Å²) in [5.41, 5.74) is 1.28.